The van der Waals surface area contributed by atoms with Crippen molar-refractivity contribution in [3.05, 3.63) is 45.0 Å². The fourth-order valence-electron chi connectivity index (χ4n) is 2.37. The first-order valence-corrected chi connectivity index (χ1v) is 5.79. The first-order valence-electron chi connectivity index (χ1n) is 5.79. The molecule has 0 aliphatic heterocycles. The number of nitroso groups, excluding NO2 is 1. The third-order valence-corrected chi connectivity index (χ3v) is 3.27. The van der Waals surface area contributed by atoms with Crippen LogP contribution in [0.5, 0.6) is 0 Å². The average molecular weight is 217 g/mol. The van der Waals surface area contributed by atoms with Crippen molar-refractivity contribution in [2.45, 2.75) is 38.0 Å². The Hall–Kier alpha value is -1.51. The molecule has 0 unspecified atom stereocenters. The number of hydrogen-bond acceptors (Lipinski definition) is 3. The molecular formula is C13H15NO2. The molecule has 16 heavy (non-hydrogen) atoms. The summed E-state index contributed by atoms with van der Waals surface area (Å²) in [6, 6.07) is 6.75. The molecule has 0 bridgehead atoms. The Morgan fingerprint density at radius 3 is 2.56 bits per heavy atom. The number of rotatable bonds is 2. The molecule has 1 aliphatic rings. The summed E-state index contributed by atoms with van der Waals surface area (Å²) in [5.41, 5.74) is 0.794. The lowest BCUT2D eigenvalue weighted by atomic mass is 9.85. The minimum absolute atomic E-state index is 0.00191. The second-order valence-electron chi connectivity index (χ2n) is 4.35. The van der Waals surface area contributed by atoms with E-state index in [9.17, 15) is 9.70 Å². The van der Waals surface area contributed by atoms with E-state index < -0.39 is 0 Å². The summed E-state index contributed by atoms with van der Waals surface area (Å²) < 4.78 is 0. The van der Waals surface area contributed by atoms with Crippen LogP contribution < -0.4 is 5.43 Å². The normalized spacial score (nSPS) is 17.0. The Labute approximate surface area is 94.5 Å². The van der Waals surface area contributed by atoms with Crippen LogP contribution in [0.1, 0.15) is 43.6 Å². The van der Waals surface area contributed by atoms with Crippen LogP contribution >= 0.6 is 0 Å². The lowest BCUT2D eigenvalue weighted by Gasteiger charge is -2.20. The highest BCUT2D eigenvalue weighted by Crippen LogP contribution is 2.31. The molecule has 1 saturated carbocycles. The van der Waals surface area contributed by atoms with Gasteiger partial charge in [0.05, 0.1) is 0 Å². The van der Waals surface area contributed by atoms with Crippen molar-refractivity contribution in [3.63, 3.8) is 0 Å². The van der Waals surface area contributed by atoms with Crippen molar-refractivity contribution >= 4 is 5.69 Å². The number of nitrogens with zero attached hydrogens (tertiary/aromatic N) is 1. The summed E-state index contributed by atoms with van der Waals surface area (Å²) in [5.74, 6) is 0.480. The largest absolute Gasteiger partial charge is 0.287 e. The van der Waals surface area contributed by atoms with Crippen LogP contribution in [-0.4, -0.2) is 0 Å². The van der Waals surface area contributed by atoms with Gasteiger partial charge in [0.1, 0.15) is 0 Å². The summed E-state index contributed by atoms with van der Waals surface area (Å²) in [5, 5.41) is 2.73. The summed E-state index contributed by atoms with van der Waals surface area (Å²) in [6.45, 7) is 0. The maximum atomic E-state index is 11.6. The van der Waals surface area contributed by atoms with E-state index in [0.717, 1.165) is 18.4 Å². The molecule has 0 N–H and O–H groups in total. The standard InChI is InChI=1S/C13H15NO2/c15-13-9-11(7-4-8-12(13)14-16)10-5-2-1-3-6-10/h4,7-10H,1-3,5-6H2. The zero-order valence-electron chi connectivity index (χ0n) is 9.19. The van der Waals surface area contributed by atoms with Gasteiger partial charge in [-0.3, -0.25) is 4.79 Å². The zero-order valence-corrected chi connectivity index (χ0v) is 9.19. The van der Waals surface area contributed by atoms with Gasteiger partial charge in [-0.25, -0.2) is 0 Å². The highest BCUT2D eigenvalue weighted by atomic mass is 16.3. The molecule has 0 amide bonds. The van der Waals surface area contributed by atoms with E-state index in [1.807, 2.05) is 6.07 Å². The van der Waals surface area contributed by atoms with Gasteiger partial charge in [-0.05, 0) is 41.6 Å². The molecule has 0 aromatic heterocycles. The maximum Gasteiger partial charge on any atom is 0.208 e. The fraction of sp³-hybridized carbons (Fsp3) is 0.462. The maximum absolute atomic E-state index is 11.6. The lowest BCUT2D eigenvalue weighted by Crippen LogP contribution is -2.06. The van der Waals surface area contributed by atoms with Crippen molar-refractivity contribution in [3.8, 4) is 0 Å². The van der Waals surface area contributed by atoms with Crippen molar-refractivity contribution in [1.29, 1.82) is 0 Å². The van der Waals surface area contributed by atoms with Gasteiger partial charge in [0.25, 0.3) is 0 Å². The van der Waals surface area contributed by atoms with Crippen molar-refractivity contribution < 1.29 is 0 Å². The molecule has 0 atom stereocenters. The minimum atomic E-state index is -0.263. The van der Waals surface area contributed by atoms with Crippen LogP contribution in [0.2, 0.25) is 0 Å². The van der Waals surface area contributed by atoms with Gasteiger partial charge in [-0.2, -0.15) is 0 Å². The fourth-order valence-corrected chi connectivity index (χ4v) is 2.37. The molecule has 1 aliphatic carbocycles. The van der Waals surface area contributed by atoms with Gasteiger partial charge in [-0.1, -0.05) is 31.4 Å². The van der Waals surface area contributed by atoms with Gasteiger partial charge in [0.2, 0.25) is 5.43 Å². The van der Waals surface area contributed by atoms with Gasteiger partial charge in [0.15, 0.2) is 5.69 Å². The molecule has 0 saturated heterocycles. The molecule has 84 valence electrons. The topological polar surface area (TPSA) is 46.5 Å². The van der Waals surface area contributed by atoms with E-state index in [1.165, 1.54) is 25.3 Å². The van der Waals surface area contributed by atoms with E-state index in [4.69, 9.17) is 0 Å². The second kappa shape index (κ2) is 5.01. The Morgan fingerprint density at radius 1 is 1.12 bits per heavy atom. The van der Waals surface area contributed by atoms with Crippen LogP contribution in [0.15, 0.2) is 34.2 Å². The average Bonchev–Trinajstić information content (AvgIpc) is 2.52. The Morgan fingerprint density at radius 2 is 1.88 bits per heavy atom. The van der Waals surface area contributed by atoms with Gasteiger partial charge in [0, 0.05) is 0 Å². The van der Waals surface area contributed by atoms with E-state index >= 15 is 0 Å². The molecule has 2 rings (SSSR count). The van der Waals surface area contributed by atoms with Crippen LogP contribution in [0.3, 0.4) is 0 Å². The molecule has 1 aromatic rings. The summed E-state index contributed by atoms with van der Waals surface area (Å²) in [6.07, 6.45) is 6.05. The van der Waals surface area contributed by atoms with E-state index in [2.05, 4.69) is 5.18 Å². The SMILES string of the molecule is O=Nc1cccc(C2CCCCC2)cc1=O. The number of hydrogen-bond donors (Lipinski definition) is 0. The molecular weight excluding hydrogens is 202 g/mol. The van der Waals surface area contributed by atoms with E-state index in [1.54, 1.807) is 12.1 Å². The van der Waals surface area contributed by atoms with Crippen molar-refractivity contribution in [2.24, 2.45) is 5.18 Å². The summed E-state index contributed by atoms with van der Waals surface area (Å²) in [7, 11) is 0. The third kappa shape index (κ3) is 2.35. The third-order valence-electron chi connectivity index (χ3n) is 3.27. The van der Waals surface area contributed by atoms with Gasteiger partial charge < -0.3 is 0 Å². The van der Waals surface area contributed by atoms with Crippen molar-refractivity contribution in [1.82, 2.24) is 0 Å². The monoisotopic (exact) mass is 217 g/mol. The first-order chi connectivity index (χ1) is 7.81. The second-order valence-corrected chi connectivity index (χ2v) is 4.35. The lowest BCUT2D eigenvalue weighted by molar-refractivity contribution is 0.443. The predicted molar refractivity (Wildman–Crippen MR) is 64.0 cm³/mol. The van der Waals surface area contributed by atoms with Crippen LogP contribution in [0, 0.1) is 4.91 Å². The van der Waals surface area contributed by atoms with Crippen LogP contribution in [-0.2, 0) is 0 Å². The Bertz CT molecular complexity index is 436. The van der Waals surface area contributed by atoms with Gasteiger partial charge in [-0.15, -0.1) is 4.91 Å². The Balaban J connectivity index is 2.35. The predicted octanol–water partition coefficient (Wildman–Crippen LogP) is 3.49. The highest BCUT2D eigenvalue weighted by molar-refractivity contribution is 5.37. The minimum Gasteiger partial charge on any atom is -0.287 e. The molecule has 3 nitrogen and oxygen atoms in total. The van der Waals surface area contributed by atoms with E-state index in [-0.39, 0.29) is 11.1 Å². The quantitative estimate of drug-likeness (QED) is 0.712. The molecule has 1 aromatic carbocycles. The summed E-state index contributed by atoms with van der Waals surface area (Å²) in [4.78, 5) is 22.0. The van der Waals surface area contributed by atoms with E-state index in [0.29, 0.717) is 5.92 Å². The molecule has 3 heteroatoms. The van der Waals surface area contributed by atoms with Gasteiger partial charge >= 0.3 is 0 Å². The Kier molecular flexibility index (Phi) is 3.44. The molecule has 1 fully saturated rings. The molecule has 0 radical (unpaired) electrons. The first kappa shape index (κ1) is 11.0. The summed E-state index contributed by atoms with van der Waals surface area (Å²) >= 11 is 0. The van der Waals surface area contributed by atoms with Crippen LogP contribution in [0.4, 0.5) is 5.69 Å². The highest BCUT2D eigenvalue weighted by Gasteiger charge is 2.15. The zero-order chi connectivity index (χ0) is 11.4. The molecule has 0 spiro atoms. The van der Waals surface area contributed by atoms with Crippen molar-refractivity contribution in [2.75, 3.05) is 0 Å². The molecule has 0 heterocycles. The smallest absolute Gasteiger partial charge is 0.208 e. The van der Waals surface area contributed by atoms with Crippen LogP contribution in [0.25, 0.3) is 0 Å².